The molecule has 0 N–H and O–H groups in total. The van der Waals surface area contributed by atoms with Gasteiger partial charge in [-0.1, -0.05) is 40.2 Å². The second-order valence-electron chi connectivity index (χ2n) is 2.99. The molecule has 0 radical (unpaired) electrons. The van der Waals surface area contributed by atoms with E-state index in [0.29, 0.717) is 0 Å². The maximum atomic E-state index is 10.5. The third-order valence-corrected chi connectivity index (χ3v) is 1.54. The van der Waals surface area contributed by atoms with Crippen LogP contribution in [0, 0.1) is 10.1 Å². The van der Waals surface area contributed by atoms with Crippen LogP contribution in [0.2, 0.25) is 0 Å². The lowest BCUT2D eigenvalue weighted by Crippen LogP contribution is -1.98. The van der Waals surface area contributed by atoms with Crippen molar-refractivity contribution >= 4 is 12.2 Å². The van der Waals surface area contributed by atoms with Crippen molar-refractivity contribution in [3.63, 3.8) is 0 Å². The Balaban J connectivity index is 0. The number of nitro benzene ring substituents is 1. The van der Waals surface area contributed by atoms with Gasteiger partial charge in [-0.2, -0.15) is 0 Å². The summed E-state index contributed by atoms with van der Waals surface area (Å²) in [5.41, 5.74) is -0.309. The first kappa shape index (κ1) is 19.2. The molecule has 0 aliphatic heterocycles. The van der Waals surface area contributed by atoms with E-state index in [2.05, 4.69) is 18.6 Å². The van der Waals surface area contributed by atoms with Crippen LogP contribution in [0.25, 0.3) is 0 Å². The summed E-state index contributed by atoms with van der Waals surface area (Å²) in [7, 11) is 1.33. The SMILES string of the molecule is CC.CCC.COc1cccc([N+](=O)[O-])c1OC=O. The molecule has 0 atom stereocenters. The average Bonchev–Trinajstić information content (AvgIpc) is 2.42. The number of rotatable bonds is 4. The van der Waals surface area contributed by atoms with E-state index in [0.717, 1.165) is 0 Å². The van der Waals surface area contributed by atoms with Crippen molar-refractivity contribution in [2.45, 2.75) is 34.1 Å². The number of hydrogen-bond donors (Lipinski definition) is 0. The molecule has 6 heteroatoms. The van der Waals surface area contributed by atoms with Crippen molar-refractivity contribution in [1.82, 2.24) is 0 Å². The fourth-order valence-corrected chi connectivity index (χ4v) is 0.975. The van der Waals surface area contributed by atoms with Gasteiger partial charge in [-0.05, 0) is 6.07 Å². The van der Waals surface area contributed by atoms with Gasteiger partial charge in [0.2, 0.25) is 5.75 Å². The van der Waals surface area contributed by atoms with Crippen molar-refractivity contribution < 1.29 is 19.2 Å². The van der Waals surface area contributed by atoms with Crippen molar-refractivity contribution in [1.29, 1.82) is 0 Å². The van der Waals surface area contributed by atoms with E-state index in [1.165, 1.54) is 31.7 Å². The maximum Gasteiger partial charge on any atom is 0.315 e. The Morgan fingerprint density at radius 3 is 2.21 bits per heavy atom. The highest BCUT2D eigenvalue weighted by atomic mass is 16.6. The number of carbonyl (C=O) groups is 1. The second-order valence-corrected chi connectivity index (χ2v) is 2.99. The van der Waals surface area contributed by atoms with Gasteiger partial charge in [-0.25, -0.2) is 0 Å². The Hall–Kier alpha value is -2.11. The number of nitro groups is 1. The molecule has 0 unspecified atom stereocenters. The van der Waals surface area contributed by atoms with E-state index in [9.17, 15) is 14.9 Å². The van der Waals surface area contributed by atoms with Gasteiger partial charge in [0.05, 0.1) is 12.0 Å². The third kappa shape index (κ3) is 7.03. The monoisotopic (exact) mass is 271 g/mol. The quantitative estimate of drug-likeness (QED) is 0.475. The molecule has 0 fully saturated rings. The van der Waals surface area contributed by atoms with Crippen molar-refractivity contribution in [2.75, 3.05) is 7.11 Å². The predicted octanol–water partition coefficient (Wildman–Crippen LogP) is 3.58. The summed E-state index contributed by atoms with van der Waals surface area (Å²) < 4.78 is 9.27. The van der Waals surface area contributed by atoms with E-state index < -0.39 is 4.92 Å². The molecule has 0 saturated heterocycles. The highest BCUT2D eigenvalue weighted by molar-refractivity contribution is 5.60. The second kappa shape index (κ2) is 12.3. The molecular formula is C13H21NO5. The number of ether oxygens (including phenoxy) is 2. The van der Waals surface area contributed by atoms with Gasteiger partial charge in [0.15, 0.2) is 5.75 Å². The molecule has 1 aromatic rings. The molecule has 0 aromatic heterocycles. The minimum absolute atomic E-state index is 0.116. The Morgan fingerprint density at radius 2 is 1.84 bits per heavy atom. The molecule has 1 aromatic carbocycles. The fourth-order valence-electron chi connectivity index (χ4n) is 0.975. The van der Waals surface area contributed by atoms with Crippen LogP contribution in [0.5, 0.6) is 11.5 Å². The van der Waals surface area contributed by atoms with Gasteiger partial charge in [0.25, 0.3) is 6.47 Å². The molecule has 0 aliphatic rings. The normalized spacial score (nSPS) is 8.05. The van der Waals surface area contributed by atoms with Gasteiger partial charge in [0, 0.05) is 6.07 Å². The van der Waals surface area contributed by atoms with Gasteiger partial charge in [0.1, 0.15) is 0 Å². The predicted molar refractivity (Wildman–Crippen MR) is 73.7 cm³/mol. The molecule has 0 heterocycles. The van der Waals surface area contributed by atoms with Crippen molar-refractivity contribution in [3.8, 4) is 11.5 Å². The molecular weight excluding hydrogens is 250 g/mol. The first-order valence-electron chi connectivity index (χ1n) is 6.03. The number of nitrogens with zero attached hydrogens (tertiary/aromatic N) is 1. The van der Waals surface area contributed by atoms with Crippen LogP contribution >= 0.6 is 0 Å². The summed E-state index contributed by atoms with van der Waals surface area (Å²) in [5.74, 6) is -0.0405. The van der Waals surface area contributed by atoms with Crippen LogP contribution in [-0.4, -0.2) is 18.5 Å². The lowest BCUT2D eigenvalue weighted by atomic mass is 10.3. The highest BCUT2D eigenvalue weighted by Crippen LogP contribution is 2.35. The Bertz CT molecular complexity index is 379. The van der Waals surface area contributed by atoms with Gasteiger partial charge in [-0.15, -0.1) is 0 Å². The van der Waals surface area contributed by atoms with E-state index in [1.807, 2.05) is 13.8 Å². The van der Waals surface area contributed by atoms with Gasteiger partial charge < -0.3 is 9.47 Å². The van der Waals surface area contributed by atoms with E-state index >= 15 is 0 Å². The zero-order valence-corrected chi connectivity index (χ0v) is 12.0. The lowest BCUT2D eigenvalue weighted by molar-refractivity contribution is -0.385. The van der Waals surface area contributed by atoms with E-state index in [4.69, 9.17) is 4.74 Å². The first-order chi connectivity index (χ1) is 9.12. The molecule has 0 amide bonds. The minimum atomic E-state index is -0.651. The Kier molecular flexibility index (Phi) is 12.5. The maximum absolute atomic E-state index is 10.5. The van der Waals surface area contributed by atoms with Crippen LogP contribution in [0.4, 0.5) is 5.69 Å². The zero-order valence-electron chi connectivity index (χ0n) is 12.0. The Labute approximate surface area is 113 Å². The average molecular weight is 271 g/mol. The number of methoxy groups -OCH3 is 1. The number of benzene rings is 1. The first-order valence-corrected chi connectivity index (χ1v) is 6.03. The van der Waals surface area contributed by atoms with Crippen LogP contribution in [-0.2, 0) is 4.79 Å². The summed E-state index contributed by atoms with van der Waals surface area (Å²) in [6.07, 6.45) is 1.25. The summed E-state index contributed by atoms with van der Waals surface area (Å²) in [6.45, 7) is 8.37. The van der Waals surface area contributed by atoms with Crippen molar-refractivity contribution in [2.24, 2.45) is 0 Å². The van der Waals surface area contributed by atoms with Gasteiger partial charge in [-0.3, -0.25) is 14.9 Å². The van der Waals surface area contributed by atoms with Crippen LogP contribution < -0.4 is 9.47 Å². The smallest absolute Gasteiger partial charge is 0.315 e. The number of para-hydroxylation sites is 1. The molecule has 6 nitrogen and oxygen atoms in total. The van der Waals surface area contributed by atoms with Gasteiger partial charge >= 0.3 is 5.69 Å². The zero-order chi connectivity index (χ0) is 15.3. The number of carbonyl (C=O) groups excluding carboxylic acids is 1. The fraction of sp³-hybridized carbons (Fsp3) is 0.462. The standard InChI is InChI=1S/C8H7NO5.C3H8.C2H6/c1-13-7-4-2-3-6(9(11)12)8(7)14-5-10;1-3-2;1-2/h2-5H,1H3;3H2,1-2H3;1-2H3. The van der Waals surface area contributed by atoms with Crippen molar-refractivity contribution in [3.05, 3.63) is 28.3 Å². The molecule has 0 aliphatic carbocycles. The molecule has 0 saturated carbocycles. The minimum Gasteiger partial charge on any atom is -0.493 e. The molecule has 0 spiro atoms. The number of hydrogen-bond acceptors (Lipinski definition) is 5. The summed E-state index contributed by atoms with van der Waals surface area (Å²) >= 11 is 0. The topological polar surface area (TPSA) is 78.7 Å². The van der Waals surface area contributed by atoms with E-state index in [1.54, 1.807) is 0 Å². The lowest BCUT2D eigenvalue weighted by Gasteiger charge is -2.05. The molecule has 19 heavy (non-hydrogen) atoms. The third-order valence-electron chi connectivity index (χ3n) is 1.54. The molecule has 108 valence electrons. The summed E-state index contributed by atoms with van der Waals surface area (Å²) in [4.78, 5) is 20.0. The Morgan fingerprint density at radius 1 is 1.32 bits per heavy atom. The van der Waals surface area contributed by atoms with Crippen LogP contribution in [0.3, 0.4) is 0 Å². The largest absolute Gasteiger partial charge is 0.493 e. The van der Waals surface area contributed by atoms with Crippen LogP contribution in [0.1, 0.15) is 34.1 Å². The van der Waals surface area contributed by atoms with Crippen LogP contribution in [0.15, 0.2) is 18.2 Å². The summed E-state index contributed by atoms with van der Waals surface area (Å²) in [5, 5.41) is 10.5. The highest BCUT2D eigenvalue weighted by Gasteiger charge is 2.19. The van der Waals surface area contributed by atoms with E-state index in [-0.39, 0.29) is 23.7 Å². The molecule has 0 bridgehead atoms. The summed E-state index contributed by atoms with van der Waals surface area (Å²) in [6, 6.07) is 4.13. The molecule has 1 rings (SSSR count).